The molecule has 0 saturated heterocycles. The molecule has 0 aliphatic carbocycles. The molecule has 0 radical (unpaired) electrons. The molecule has 12 nitrogen and oxygen atoms in total. The van der Waals surface area contributed by atoms with E-state index in [1.807, 2.05) is 13.8 Å². The topological polar surface area (TPSA) is 96.1 Å². The van der Waals surface area contributed by atoms with Crippen LogP contribution in [0.2, 0.25) is 0 Å². The van der Waals surface area contributed by atoms with Gasteiger partial charge in [0.15, 0.2) is 0 Å². The Morgan fingerprint density at radius 3 is 1.00 bits per heavy atom. The Kier molecular flexibility index (Phi) is 27.3. The minimum atomic E-state index is -0.346. The van der Waals surface area contributed by atoms with Gasteiger partial charge in [0.1, 0.15) is 12.2 Å². The fraction of sp³-hybridized carbons (Fsp3) is 0.941. The second-order valence-corrected chi connectivity index (χ2v) is 13.9. The maximum atomic E-state index is 12.3. The number of hydrogen-bond donors (Lipinski definition) is 2. The van der Waals surface area contributed by atoms with E-state index in [0.29, 0.717) is 13.1 Å². The predicted molar refractivity (Wildman–Crippen MR) is 192 cm³/mol. The van der Waals surface area contributed by atoms with Crippen LogP contribution in [0.5, 0.6) is 0 Å². The van der Waals surface area contributed by atoms with Crippen LogP contribution in [0.1, 0.15) is 65.2 Å². The molecule has 0 fully saturated rings. The number of carbonyl (C=O) groups is 2. The van der Waals surface area contributed by atoms with Gasteiger partial charge in [-0.2, -0.15) is 0 Å². The van der Waals surface area contributed by atoms with Gasteiger partial charge in [-0.1, -0.05) is 12.8 Å². The van der Waals surface area contributed by atoms with Crippen LogP contribution in [0.3, 0.4) is 0 Å². The monoisotopic (exact) mass is 659 g/mol. The second kappa shape index (κ2) is 28.3. The van der Waals surface area contributed by atoms with Crippen molar-refractivity contribution in [3.8, 4) is 0 Å². The van der Waals surface area contributed by atoms with Crippen molar-refractivity contribution < 1.29 is 19.1 Å². The first-order valence-electron chi connectivity index (χ1n) is 17.7. The average Bonchev–Trinajstić information content (AvgIpc) is 2.93. The van der Waals surface area contributed by atoms with Crippen LogP contribution in [0.4, 0.5) is 9.59 Å². The minimum absolute atomic E-state index is 0.165. The molecule has 0 aliphatic heterocycles. The summed E-state index contributed by atoms with van der Waals surface area (Å²) in [6.45, 7) is 14.8. The van der Waals surface area contributed by atoms with E-state index in [1.165, 1.54) is 0 Å². The summed E-state index contributed by atoms with van der Waals surface area (Å²) in [5, 5.41) is 5.79. The third kappa shape index (κ3) is 29.7. The van der Waals surface area contributed by atoms with E-state index in [0.717, 1.165) is 117 Å². The van der Waals surface area contributed by atoms with E-state index in [1.54, 1.807) is 0 Å². The lowest BCUT2D eigenvalue weighted by Gasteiger charge is -2.27. The zero-order valence-electron chi connectivity index (χ0n) is 31.6. The molecule has 0 aliphatic rings. The van der Waals surface area contributed by atoms with Gasteiger partial charge in [-0.25, -0.2) is 9.59 Å². The van der Waals surface area contributed by atoms with Crippen LogP contribution in [-0.4, -0.2) is 189 Å². The van der Waals surface area contributed by atoms with Gasteiger partial charge >= 0.3 is 12.2 Å². The normalized spacial score (nSPS) is 13.3. The number of alkyl carbamates (subject to hydrolysis) is 2. The summed E-state index contributed by atoms with van der Waals surface area (Å²) < 4.78 is 11.3. The highest BCUT2D eigenvalue weighted by atomic mass is 16.6. The quantitative estimate of drug-likeness (QED) is 0.117. The zero-order valence-corrected chi connectivity index (χ0v) is 31.6. The van der Waals surface area contributed by atoms with E-state index in [9.17, 15) is 9.59 Å². The molecule has 0 heterocycles. The van der Waals surface area contributed by atoms with Crippen molar-refractivity contribution in [2.75, 3.05) is 135 Å². The number of unbranched alkanes of at least 4 members (excludes halogenated alkanes) is 3. The highest BCUT2D eigenvalue weighted by molar-refractivity contribution is 5.67. The first kappa shape index (κ1) is 44.3. The summed E-state index contributed by atoms with van der Waals surface area (Å²) >= 11 is 0. The molecule has 0 bridgehead atoms. The molecule has 0 aromatic heterocycles. The van der Waals surface area contributed by atoms with E-state index >= 15 is 0 Å². The number of nitrogens with zero attached hydrogens (tertiary/aromatic N) is 6. The SMILES string of the molecule is CC(CN(CCCN(C)C)CCCN(C)C)OC(=O)NCCCCCCNC(=O)OC(C)CN(CCCN(C)C)CCCN(C)C. The average molecular weight is 659 g/mol. The van der Waals surface area contributed by atoms with Crippen LogP contribution < -0.4 is 10.6 Å². The number of hydrogen-bond acceptors (Lipinski definition) is 10. The maximum absolute atomic E-state index is 12.3. The first-order valence-corrected chi connectivity index (χ1v) is 17.7. The molecular weight excluding hydrogens is 584 g/mol. The van der Waals surface area contributed by atoms with Crippen molar-refractivity contribution in [1.82, 2.24) is 40.0 Å². The van der Waals surface area contributed by atoms with Crippen molar-refractivity contribution in [1.29, 1.82) is 0 Å². The summed E-state index contributed by atoms with van der Waals surface area (Å²) in [7, 11) is 16.8. The molecule has 0 aromatic rings. The van der Waals surface area contributed by atoms with Gasteiger partial charge in [0, 0.05) is 26.2 Å². The van der Waals surface area contributed by atoms with Gasteiger partial charge in [0.2, 0.25) is 0 Å². The van der Waals surface area contributed by atoms with Gasteiger partial charge in [-0.05, 0) is 161 Å². The number of amides is 2. The lowest BCUT2D eigenvalue weighted by Crippen LogP contribution is -2.38. The summed E-state index contributed by atoms with van der Waals surface area (Å²) in [4.78, 5) is 38.3. The van der Waals surface area contributed by atoms with Gasteiger partial charge in [-0.3, -0.25) is 9.80 Å². The van der Waals surface area contributed by atoms with Crippen molar-refractivity contribution in [3.63, 3.8) is 0 Å². The number of nitrogens with one attached hydrogen (secondary N) is 2. The van der Waals surface area contributed by atoms with Crippen molar-refractivity contribution in [2.45, 2.75) is 77.4 Å². The molecule has 0 rings (SSSR count). The highest BCUT2D eigenvalue weighted by Gasteiger charge is 2.16. The van der Waals surface area contributed by atoms with Gasteiger partial charge in [-0.15, -0.1) is 0 Å². The molecule has 12 heteroatoms. The molecule has 2 N–H and O–H groups in total. The largest absolute Gasteiger partial charge is 0.445 e. The van der Waals surface area contributed by atoms with Gasteiger partial charge in [0.05, 0.1) is 0 Å². The Morgan fingerprint density at radius 2 is 0.739 bits per heavy atom. The van der Waals surface area contributed by atoms with Crippen molar-refractivity contribution in [2.24, 2.45) is 0 Å². The molecule has 46 heavy (non-hydrogen) atoms. The Labute approximate surface area is 283 Å². The van der Waals surface area contributed by atoms with Crippen LogP contribution >= 0.6 is 0 Å². The summed E-state index contributed by atoms with van der Waals surface area (Å²) in [5.74, 6) is 0. The van der Waals surface area contributed by atoms with E-state index < -0.39 is 0 Å². The Balaban J connectivity index is 4.14. The molecule has 274 valence electrons. The molecule has 0 spiro atoms. The molecule has 0 saturated carbocycles. The Hall–Kier alpha value is -1.70. The smallest absolute Gasteiger partial charge is 0.407 e. The second-order valence-electron chi connectivity index (χ2n) is 13.9. The summed E-state index contributed by atoms with van der Waals surface area (Å²) in [5.41, 5.74) is 0. The van der Waals surface area contributed by atoms with Crippen molar-refractivity contribution >= 4 is 12.2 Å². The first-order chi connectivity index (χ1) is 21.8. The maximum Gasteiger partial charge on any atom is 0.407 e. The van der Waals surface area contributed by atoms with E-state index in [2.05, 4.69) is 96.4 Å². The van der Waals surface area contributed by atoms with Crippen molar-refractivity contribution in [3.05, 3.63) is 0 Å². The molecule has 0 aromatic carbocycles. The fourth-order valence-corrected chi connectivity index (χ4v) is 5.27. The predicted octanol–water partition coefficient (Wildman–Crippen LogP) is 3.19. The van der Waals surface area contributed by atoms with Crippen LogP contribution in [0.15, 0.2) is 0 Å². The lowest BCUT2D eigenvalue weighted by atomic mass is 10.2. The number of rotatable bonds is 29. The third-order valence-corrected chi connectivity index (χ3v) is 7.61. The summed E-state index contributed by atoms with van der Waals surface area (Å²) in [6.07, 6.45) is 7.06. The minimum Gasteiger partial charge on any atom is -0.445 e. The van der Waals surface area contributed by atoms with Gasteiger partial charge < -0.3 is 39.7 Å². The highest BCUT2D eigenvalue weighted by Crippen LogP contribution is 2.05. The van der Waals surface area contributed by atoms with Crippen LogP contribution in [0, 0.1) is 0 Å². The third-order valence-electron chi connectivity index (χ3n) is 7.61. The van der Waals surface area contributed by atoms with Gasteiger partial charge in [0.25, 0.3) is 0 Å². The molecular formula is C34H74N8O4. The fourth-order valence-electron chi connectivity index (χ4n) is 5.27. The van der Waals surface area contributed by atoms with E-state index in [4.69, 9.17) is 9.47 Å². The van der Waals surface area contributed by atoms with E-state index in [-0.39, 0.29) is 24.4 Å². The standard InChI is InChI=1S/C34H74N8O4/c1-31(29-41(25-15-21-37(3)4)26-16-22-38(5)6)45-33(43)35-19-13-11-12-14-20-36-34(44)46-32(2)30-42(27-17-23-39(7)8)28-18-24-40(9)10/h31-32H,11-30H2,1-10H3,(H,35,43)(H,36,44). The summed E-state index contributed by atoms with van der Waals surface area (Å²) in [6, 6.07) is 0. The molecule has 2 unspecified atom stereocenters. The van der Waals surface area contributed by atoms with Crippen LogP contribution in [-0.2, 0) is 9.47 Å². The Bertz CT molecular complexity index is 654. The Morgan fingerprint density at radius 1 is 0.457 bits per heavy atom. The van der Waals surface area contributed by atoms with Crippen LogP contribution in [0.25, 0.3) is 0 Å². The number of ether oxygens (including phenoxy) is 2. The number of carbonyl (C=O) groups excluding carboxylic acids is 2. The zero-order chi connectivity index (χ0) is 34.7. The lowest BCUT2D eigenvalue weighted by molar-refractivity contribution is 0.0766. The molecule has 2 amide bonds. The molecule has 2 atom stereocenters.